The third kappa shape index (κ3) is 4.64. The number of hydrogen-bond donors (Lipinski definition) is 1. The van der Waals surface area contributed by atoms with Crippen molar-refractivity contribution in [2.45, 2.75) is 77.8 Å². The highest BCUT2D eigenvalue weighted by molar-refractivity contribution is 7.09. The average Bonchev–Trinajstić information content (AvgIpc) is 3.20. The molecule has 2 fully saturated rings. The van der Waals surface area contributed by atoms with Crippen LogP contribution in [0.3, 0.4) is 0 Å². The highest BCUT2D eigenvalue weighted by Crippen LogP contribution is 2.30. The van der Waals surface area contributed by atoms with Crippen molar-refractivity contribution in [1.82, 2.24) is 15.2 Å². The molecule has 2 aliphatic rings. The third-order valence-electron chi connectivity index (χ3n) is 5.50. The van der Waals surface area contributed by atoms with Gasteiger partial charge >= 0.3 is 0 Å². The van der Waals surface area contributed by atoms with Crippen LogP contribution in [-0.4, -0.2) is 34.3 Å². The van der Waals surface area contributed by atoms with Crippen molar-refractivity contribution < 1.29 is 9.59 Å². The van der Waals surface area contributed by atoms with Crippen LogP contribution in [0.5, 0.6) is 0 Å². The van der Waals surface area contributed by atoms with Crippen LogP contribution >= 0.6 is 11.3 Å². The predicted molar refractivity (Wildman–Crippen MR) is 104 cm³/mol. The maximum atomic E-state index is 12.9. The number of rotatable bonds is 6. The number of aromatic nitrogens is 1. The summed E-state index contributed by atoms with van der Waals surface area (Å²) in [6.07, 6.45) is 7.07. The van der Waals surface area contributed by atoms with Gasteiger partial charge in [0.15, 0.2) is 0 Å². The molecule has 6 heteroatoms. The van der Waals surface area contributed by atoms with Crippen molar-refractivity contribution in [1.29, 1.82) is 0 Å². The largest absolute Gasteiger partial charge is 0.347 e. The Kier molecular flexibility index (Phi) is 6.33. The van der Waals surface area contributed by atoms with Crippen LogP contribution in [0, 0.1) is 18.8 Å². The Hall–Kier alpha value is -1.43. The molecule has 1 saturated carbocycles. The molecule has 1 N–H and O–H groups in total. The van der Waals surface area contributed by atoms with Crippen LogP contribution in [0.15, 0.2) is 5.38 Å². The van der Waals surface area contributed by atoms with Gasteiger partial charge in [0.1, 0.15) is 5.01 Å². The molecular formula is C20H31N3O2S. The van der Waals surface area contributed by atoms with Gasteiger partial charge in [0, 0.05) is 30.1 Å². The van der Waals surface area contributed by atoms with Crippen molar-refractivity contribution in [3.8, 4) is 0 Å². The minimum absolute atomic E-state index is 0.00941. The van der Waals surface area contributed by atoms with E-state index in [1.54, 1.807) is 11.3 Å². The molecule has 26 heavy (non-hydrogen) atoms. The molecule has 1 saturated heterocycles. The van der Waals surface area contributed by atoms with E-state index in [4.69, 9.17) is 0 Å². The summed E-state index contributed by atoms with van der Waals surface area (Å²) in [4.78, 5) is 31.9. The summed E-state index contributed by atoms with van der Waals surface area (Å²) in [6, 6.07) is 0.294. The monoisotopic (exact) mass is 377 g/mol. The number of likely N-dealkylation sites (tertiary alicyclic amines) is 1. The first-order valence-corrected chi connectivity index (χ1v) is 10.8. The van der Waals surface area contributed by atoms with Gasteiger partial charge in [-0.2, -0.15) is 0 Å². The molecule has 1 aliphatic carbocycles. The molecule has 0 spiro atoms. The molecule has 1 aromatic heterocycles. The molecule has 2 heterocycles. The summed E-state index contributed by atoms with van der Waals surface area (Å²) < 4.78 is 0. The van der Waals surface area contributed by atoms with Crippen LogP contribution in [0.1, 0.15) is 75.5 Å². The van der Waals surface area contributed by atoms with Crippen LogP contribution in [-0.2, 0) is 9.59 Å². The summed E-state index contributed by atoms with van der Waals surface area (Å²) in [5.74, 6) is 0.409. The molecule has 0 bridgehead atoms. The fourth-order valence-electron chi connectivity index (χ4n) is 4.17. The van der Waals surface area contributed by atoms with Crippen molar-refractivity contribution in [3.63, 3.8) is 0 Å². The lowest BCUT2D eigenvalue weighted by atomic mass is 9.94. The summed E-state index contributed by atoms with van der Waals surface area (Å²) in [6.45, 7) is 6.87. The number of carbonyl (C=O) groups excluding carboxylic acids is 2. The second-order valence-corrected chi connectivity index (χ2v) is 9.15. The van der Waals surface area contributed by atoms with E-state index < -0.39 is 0 Å². The van der Waals surface area contributed by atoms with Gasteiger partial charge in [0.05, 0.1) is 12.0 Å². The second-order valence-electron chi connectivity index (χ2n) is 8.26. The van der Waals surface area contributed by atoms with Gasteiger partial charge in [-0.15, -0.1) is 11.3 Å². The molecule has 2 amide bonds. The van der Waals surface area contributed by atoms with Crippen LogP contribution in [0.4, 0.5) is 0 Å². The Morgan fingerprint density at radius 3 is 2.69 bits per heavy atom. The van der Waals surface area contributed by atoms with E-state index in [0.29, 0.717) is 24.9 Å². The van der Waals surface area contributed by atoms with Gasteiger partial charge in [-0.25, -0.2) is 4.98 Å². The quantitative estimate of drug-likeness (QED) is 0.819. The zero-order valence-electron chi connectivity index (χ0n) is 16.2. The summed E-state index contributed by atoms with van der Waals surface area (Å²) in [5, 5.41) is 6.19. The number of amides is 2. The normalized spacial score (nSPS) is 22.8. The maximum Gasteiger partial charge on any atom is 0.225 e. The number of carbonyl (C=O) groups is 2. The van der Waals surface area contributed by atoms with E-state index in [1.165, 1.54) is 19.3 Å². The first-order valence-electron chi connectivity index (χ1n) is 9.96. The number of thiazole rings is 1. The SMILES string of the molecule is Cc1csc(C(CC(C)C)NC(=O)C2CC(=O)N(C3CCCCC3)C2)n1. The first-order chi connectivity index (χ1) is 12.4. The second kappa shape index (κ2) is 8.51. The number of aryl methyl sites for hydroxylation is 1. The van der Waals surface area contributed by atoms with Gasteiger partial charge in [0.2, 0.25) is 11.8 Å². The van der Waals surface area contributed by atoms with Gasteiger partial charge in [-0.05, 0) is 32.1 Å². The lowest BCUT2D eigenvalue weighted by Crippen LogP contribution is -2.40. The fraction of sp³-hybridized carbons (Fsp3) is 0.750. The molecule has 3 rings (SSSR count). The molecule has 1 aromatic rings. The molecule has 2 unspecified atom stereocenters. The predicted octanol–water partition coefficient (Wildman–Crippen LogP) is 3.84. The van der Waals surface area contributed by atoms with Gasteiger partial charge in [-0.1, -0.05) is 33.1 Å². The highest BCUT2D eigenvalue weighted by Gasteiger charge is 2.38. The van der Waals surface area contributed by atoms with Crippen LogP contribution in [0.25, 0.3) is 0 Å². The zero-order valence-corrected chi connectivity index (χ0v) is 17.0. The lowest BCUT2D eigenvalue weighted by Gasteiger charge is -2.31. The van der Waals surface area contributed by atoms with E-state index in [1.807, 2.05) is 17.2 Å². The highest BCUT2D eigenvalue weighted by atomic mass is 32.1. The smallest absolute Gasteiger partial charge is 0.225 e. The molecule has 1 aliphatic heterocycles. The van der Waals surface area contributed by atoms with Crippen LogP contribution in [0.2, 0.25) is 0 Å². The Balaban J connectivity index is 1.63. The lowest BCUT2D eigenvalue weighted by molar-refractivity contribution is -0.130. The average molecular weight is 378 g/mol. The first kappa shape index (κ1) is 19.3. The van der Waals surface area contributed by atoms with E-state index >= 15 is 0 Å². The number of nitrogens with one attached hydrogen (secondary N) is 1. The van der Waals surface area contributed by atoms with Crippen molar-refractivity contribution in [2.24, 2.45) is 11.8 Å². The Bertz CT molecular complexity index is 637. The van der Waals surface area contributed by atoms with Crippen LogP contribution < -0.4 is 5.32 Å². The topological polar surface area (TPSA) is 62.3 Å². The maximum absolute atomic E-state index is 12.9. The van der Waals surface area contributed by atoms with Gasteiger partial charge < -0.3 is 10.2 Å². The molecule has 0 aromatic carbocycles. The summed E-state index contributed by atoms with van der Waals surface area (Å²) >= 11 is 1.60. The molecule has 0 radical (unpaired) electrons. The van der Waals surface area contributed by atoms with Crippen molar-refractivity contribution in [2.75, 3.05) is 6.54 Å². The minimum Gasteiger partial charge on any atom is -0.347 e. The van der Waals surface area contributed by atoms with E-state index in [0.717, 1.165) is 30.0 Å². The minimum atomic E-state index is -0.222. The van der Waals surface area contributed by atoms with Crippen molar-refractivity contribution >= 4 is 23.2 Å². The van der Waals surface area contributed by atoms with Gasteiger partial charge in [-0.3, -0.25) is 9.59 Å². The molecular weight excluding hydrogens is 346 g/mol. The molecule has 5 nitrogen and oxygen atoms in total. The Morgan fingerprint density at radius 1 is 1.35 bits per heavy atom. The fourth-order valence-corrected chi connectivity index (χ4v) is 5.03. The van der Waals surface area contributed by atoms with Crippen molar-refractivity contribution in [3.05, 3.63) is 16.1 Å². The Morgan fingerprint density at radius 2 is 2.08 bits per heavy atom. The summed E-state index contributed by atoms with van der Waals surface area (Å²) in [5.41, 5.74) is 0.993. The third-order valence-corrected chi connectivity index (χ3v) is 6.58. The number of hydrogen-bond acceptors (Lipinski definition) is 4. The zero-order chi connectivity index (χ0) is 18.7. The Labute approximate surface area is 160 Å². The standard InChI is InChI=1S/C20H31N3O2S/c1-13(2)9-17(20-21-14(3)12-26-20)22-19(25)15-10-18(24)23(11-15)16-7-5-4-6-8-16/h12-13,15-17H,4-11H2,1-3H3,(H,22,25). The molecule has 144 valence electrons. The molecule has 2 atom stereocenters. The summed E-state index contributed by atoms with van der Waals surface area (Å²) in [7, 11) is 0. The van der Waals surface area contributed by atoms with E-state index in [9.17, 15) is 9.59 Å². The number of nitrogens with zero attached hydrogens (tertiary/aromatic N) is 2. The van der Waals surface area contributed by atoms with Gasteiger partial charge in [0.25, 0.3) is 0 Å². The van der Waals surface area contributed by atoms with E-state index in [2.05, 4.69) is 24.1 Å². The van der Waals surface area contributed by atoms with E-state index in [-0.39, 0.29) is 23.8 Å².